The van der Waals surface area contributed by atoms with Gasteiger partial charge in [-0.1, -0.05) is 0 Å². The first-order valence-corrected chi connectivity index (χ1v) is 13.7. The fourth-order valence-corrected chi connectivity index (χ4v) is 5.90. The molecule has 40 heavy (non-hydrogen) atoms. The Kier molecular flexibility index (Phi) is 7.20. The molecular weight excluding hydrogens is 518 g/mol. The molecule has 5 heterocycles. The van der Waals surface area contributed by atoms with Crippen molar-refractivity contribution in [1.29, 1.82) is 0 Å². The van der Waals surface area contributed by atoms with E-state index in [-0.39, 0.29) is 34.5 Å². The summed E-state index contributed by atoms with van der Waals surface area (Å²) in [6, 6.07) is 4.38. The lowest BCUT2D eigenvalue weighted by Gasteiger charge is -2.38. The summed E-state index contributed by atoms with van der Waals surface area (Å²) in [6.07, 6.45) is 6.32. The Balaban J connectivity index is 1.33. The molecule has 2 atom stereocenters. The largest absolute Gasteiger partial charge is 0.383 e. The fraction of sp³-hybridized carbons (Fsp3) is 0.448. The summed E-state index contributed by atoms with van der Waals surface area (Å²) in [5.41, 5.74) is 9.57. The van der Waals surface area contributed by atoms with E-state index in [2.05, 4.69) is 25.4 Å². The summed E-state index contributed by atoms with van der Waals surface area (Å²) >= 11 is 0. The van der Waals surface area contributed by atoms with Crippen LogP contribution >= 0.6 is 0 Å². The highest BCUT2D eigenvalue weighted by Crippen LogP contribution is 2.37. The fourth-order valence-electron chi connectivity index (χ4n) is 5.90. The van der Waals surface area contributed by atoms with E-state index in [1.54, 1.807) is 19.2 Å². The Morgan fingerprint density at radius 2 is 2.02 bits per heavy atom. The number of benzene rings is 1. The Morgan fingerprint density at radius 3 is 2.80 bits per heavy atom. The number of nitrogens with zero attached hydrogens (tertiary/aromatic N) is 3. The van der Waals surface area contributed by atoms with Gasteiger partial charge in [-0.2, -0.15) is 0 Å². The number of rotatable bonds is 6. The predicted molar refractivity (Wildman–Crippen MR) is 146 cm³/mol. The third-order valence-electron chi connectivity index (χ3n) is 8.16. The zero-order valence-corrected chi connectivity index (χ0v) is 22.5. The van der Waals surface area contributed by atoms with Gasteiger partial charge in [-0.25, -0.2) is 13.8 Å². The number of fused-ring (bicyclic) bond motifs is 1. The Bertz CT molecular complexity index is 1380. The molecule has 0 spiro atoms. The molecule has 2 aromatic rings. The molecule has 1 amide bonds. The van der Waals surface area contributed by atoms with E-state index >= 15 is 8.78 Å². The zero-order chi connectivity index (χ0) is 27.9. The third-order valence-corrected chi connectivity index (χ3v) is 8.16. The number of carbonyl (C=O) groups is 1. The van der Waals surface area contributed by atoms with Gasteiger partial charge in [0.15, 0.2) is 0 Å². The first-order chi connectivity index (χ1) is 19.3. The number of alkyl halides is 1. The molecule has 11 heteroatoms. The first-order valence-electron chi connectivity index (χ1n) is 13.7. The van der Waals surface area contributed by atoms with E-state index in [0.29, 0.717) is 51.4 Å². The number of hydrogen-bond acceptors (Lipinski definition) is 8. The van der Waals surface area contributed by atoms with Gasteiger partial charge in [0.25, 0.3) is 5.91 Å². The minimum absolute atomic E-state index is 0.0821. The van der Waals surface area contributed by atoms with E-state index in [1.165, 1.54) is 18.3 Å². The third kappa shape index (κ3) is 5.04. The van der Waals surface area contributed by atoms with Gasteiger partial charge in [0.2, 0.25) is 5.79 Å². The van der Waals surface area contributed by atoms with Crippen LogP contribution in [0.25, 0.3) is 11.1 Å². The van der Waals surface area contributed by atoms with Crippen molar-refractivity contribution in [2.24, 2.45) is 0 Å². The average Bonchev–Trinajstić information content (AvgIpc) is 3.42. The Labute approximate surface area is 232 Å². The van der Waals surface area contributed by atoms with Gasteiger partial charge in [0, 0.05) is 74.8 Å². The van der Waals surface area contributed by atoms with Gasteiger partial charge < -0.3 is 30.7 Å². The van der Waals surface area contributed by atoms with E-state index in [9.17, 15) is 4.79 Å². The summed E-state index contributed by atoms with van der Waals surface area (Å²) in [7, 11) is 1.71. The van der Waals surface area contributed by atoms with Crippen LogP contribution in [0, 0.1) is 5.82 Å². The molecule has 1 unspecified atom stereocenters. The zero-order valence-electron chi connectivity index (χ0n) is 22.5. The molecule has 2 fully saturated rings. The monoisotopic (exact) mass is 552 g/mol. The number of nitrogens with two attached hydrogens (primary N) is 1. The number of ether oxygens (including phenoxy) is 2. The number of nitrogen functional groups attached to an aromatic ring is 1. The second-order valence-electron chi connectivity index (χ2n) is 10.7. The number of morpholine rings is 1. The highest BCUT2D eigenvalue weighted by Gasteiger charge is 2.37. The van der Waals surface area contributed by atoms with Crippen molar-refractivity contribution in [3.63, 3.8) is 0 Å². The van der Waals surface area contributed by atoms with E-state index < -0.39 is 11.6 Å². The SMILES string of the molecule is COC1CCN(CC2=C(N3CCOCC3)C=C[C@](F)(c3cnc(N)c(-c4cc5c(cc4F)C(=O)NCC5)c3)N2)C1. The second kappa shape index (κ2) is 10.8. The standard InChI is InChI=1S/C29H34F2N6O3/c1-39-20-4-7-36(16-20)17-25-26(37-8-10-40-11-9-37)2-5-29(31,35-25)19-13-23(27(32)34-15-19)22-12-18-3-6-33-28(38)21(18)14-24(22)30/h2,5,12-15,20,35H,3-4,6-11,16-17H2,1H3,(H2,32,34)(H,33,38)/t20?,29-/m1/s1. The van der Waals surface area contributed by atoms with Gasteiger partial charge in [0.05, 0.1) is 30.7 Å². The molecule has 2 saturated heterocycles. The number of anilines is 1. The molecule has 9 nitrogen and oxygen atoms in total. The normalized spacial score (nSPS) is 25.1. The molecule has 6 rings (SSSR count). The Morgan fingerprint density at radius 1 is 1.20 bits per heavy atom. The number of dihydropyridines is 1. The van der Waals surface area contributed by atoms with Crippen molar-refractivity contribution in [1.82, 2.24) is 25.4 Å². The van der Waals surface area contributed by atoms with Gasteiger partial charge in [-0.3, -0.25) is 9.69 Å². The average molecular weight is 553 g/mol. The molecule has 212 valence electrons. The smallest absolute Gasteiger partial charge is 0.251 e. The lowest BCUT2D eigenvalue weighted by atomic mass is 9.92. The Hall–Kier alpha value is -3.54. The summed E-state index contributed by atoms with van der Waals surface area (Å²) in [6.45, 7) is 5.27. The molecule has 4 aliphatic heterocycles. The molecule has 4 aliphatic rings. The summed E-state index contributed by atoms with van der Waals surface area (Å²) in [4.78, 5) is 20.9. The molecule has 4 N–H and O–H groups in total. The van der Waals surface area contributed by atoms with Crippen LogP contribution in [0.1, 0.15) is 27.9 Å². The molecular formula is C29H34F2N6O3. The molecule has 0 bridgehead atoms. The van der Waals surface area contributed by atoms with Crippen molar-refractivity contribution in [2.75, 3.05) is 65.3 Å². The highest BCUT2D eigenvalue weighted by atomic mass is 19.1. The first kappa shape index (κ1) is 26.7. The number of hydrogen-bond donors (Lipinski definition) is 3. The number of allylic oxidation sites excluding steroid dienone is 1. The van der Waals surface area contributed by atoms with Crippen LogP contribution < -0.4 is 16.4 Å². The van der Waals surface area contributed by atoms with E-state index in [4.69, 9.17) is 15.2 Å². The van der Waals surface area contributed by atoms with Crippen molar-refractivity contribution in [2.45, 2.75) is 24.7 Å². The number of carbonyl (C=O) groups excluding carboxylic acids is 1. The molecule has 1 aromatic carbocycles. The van der Waals surface area contributed by atoms with Crippen LogP contribution in [0.15, 0.2) is 47.9 Å². The minimum Gasteiger partial charge on any atom is -0.383 e. The van der Waals surface area contributed by atoms with Crippen LogP contribution in [-0.4, -0.2) is 86.4 Å². The second-order valence-corrected chi connectivity index (χ2v) is 10.7. The quantitative estimate of drug-likeness (QED) is 0.469. The number of amides is 1. The van der Waals surface area contributed by atoms with Gasteiger partial charge in [-0.05, 0) is 48.8 Å². The number of likely N-dealkylation sites (tertiary alicyclic amines) is 1. The molecule has 0 saturated carbocycles. The number of aromatic nitrogens is 1. The minimum atomic E-state index is -2.09. The van der Waals surface area contributed by atoms with Crippen molar-refractivity contribution < 1.29 is 23.0 Å². The summed E-state index contributed by atoms with van der Waals surface area (Å²) in [5, 5.41) is 5.88. The van der Waals surface area contributed by atoms with Crippen molar-refractivity contribution in [3.05, 3.63) is 70.4 Å². The summed E-state index contributed by atoms with van der Waals surface area (Å²) < 4.78 is 43.2. The topological polar surface area (TPSA) is 105 Å². The van der Waals surface area contributed by atoms with Crippen LogP contribution in [0.2, 0.25) is 0 Å². The molecule has 1 aromatic heterocycles. The molecule has 0 radical (unpaired) electrons. The number of halogens is 2. The lowest BCUT2D eigenvalue weighted by Crippen LogP contribution is -2.46. The van der Waals surface area contributed by atoms with Gasteiger partial charge in [0.1, 0.15) is 11.6 Å². The highest BCUT2D eigenvalue weighted by molar-refractivity contribution is 5.97. The van der Waals surface area contributed by atoms with Crippen LogP contribution in [0.4, 0.5) is 14.6 Å². The predicted octanol–water partition coefficient (Wildman–Crippen LogP) is 2.30. The maximum absolute atomic E-state index is 16.8. The van der Waals surface area contributed by atoms with Crippen LogP contribution in [0.3, 0.4) is 0 Å². The molecule has 0 aliphatic carbocycles. The lowest BCUT2D eigenvalue weighted by molar-refractivity contribution is 0.0528. The van der Waals surface area contributed by atoms with E-state index in [0.717, 1.165) is 36.5 Å². The maximum Gasteiger partial charge on any atom is 0.251 e. The van der Waals surface area contributed by atoms with Crippen molar-refractivity contribution in [3.8, 4) is 11.1 Å². The summed E-state index contributed by atoms with van der Waals surface area (Å²) in [5.74, 6) is -2.93. The van der Waals surface area contributed by atoms with Gasteiger partial charge in [-0.15, -0.1) is 0 Å². The maximum atomic E-state index is 16.8. The number of nitrogens with one attached hydrogen (secondary N) is 2. The van der Waals surface area contributed by atoms with E-state index in [1.807, 2.05) is 6.08 Å². The van der Waals surface area contributed by atoms with Gasteiger partial charge >= 0.3 is 0 Å². The van der Waals surface area contributed by atoms with Crippen LogP contribution in [0.5, 0.6) is 0 Å². The number of pyridine rings is 1. The van der Waals surface area contributed by atoms with Crippen molar-refractivity contribution >= 4 is 11.7 Å². The number of methoxy groups -OCH3 is 1. The van der Waals surface area contributed by atoms with Crippen LogP contribution in [-0.2, 0) is 21.7 Å².